The molecule has 2 saturated carbocycles. The number of alkyl carbamates (subject to hydrolysis) is 1. The first kappa shape index (κ1) is 23.0. The molecular formula is C22H27NO12. The average Bonchev–Trinajstić information content (AvgIpc) is 3.43. The minimum absolute atomic E-state index is 0.733. The van der Waals surface area contributed by atoms with Gasteiger partial charge in [-0.05, 0) is 27.7 Å². The first-order valence-electron chi connectivity index (χ1n) is 11.5. The van der Waals surface area contributed by atoms with Crippen LogP contribution in [0.3, 0.4) is 0 Å². The van der Waals surface area contributed by atoms with Crippen LogP contribution in [0.5, 0.6) is 0 Å². The number of carbonyl (C=O) groups excluding carboxylic acids is 4. The summed E-state index contributed by atoms with van der Waals surface area (Å²) < 4.78 is 27.9. The molecule has 1 amide bonds. The molecule has 0 aromatic rings. The van der Waals surface area contributed by atoms with Crippen molar-refractivity contribution in [3.63, 3.8) is 0 Å². The van der Waals surface area contributed by atoms with Gasteiger partial charge in [-0.3, -0.25) is 4.79 Å². The smallest absolute Gasteiger partial charge is 0.408 e. The van der Waals surface area contributed by atoms with Crippen molar-refractivity contribution >= 4 is 24.0 Å². The van der Waals surface area contributed by atoms with Crippen LogP contribution in [0.1, 0.15) is 34.6 Å². The molecule has 0 aromatic heterocycles. The number of amides is 1. The Kier molecular flexibility index (Phi) is 3.98. The van der Waals surface area contributed by atoms with Crippen LogP contribution in [0, 0.1) is 22.7 Å². The summed E-state index contributed by atoms with van der Waals surface area (Å²) in [7, 11) is 0. The molecule has 12 atom stereocenters. The Bertz CT molecular complexity index is 1090. The van der Waals surface area contributed by atoms with E-state index in [0.717, 1.165) is 0 Å². The number of hydrogen-bond acceptors (Lipinski definition) is 12. The zero-order chi connectivity index (χ0) is 25.7. The second-order valence-electron chi connectivity index (χ2n) is 11.5. The van der Waals surface area contributed by atoms with Gasteiger partial charge in [0, 0.05) is 11.5 Å². The summed E-state index contributed by atoms with van der Waals surface area (Å²) in [5.74, 6) is -5.34. The monoisotopic (exact) mass is 497 g/mol. The van der Waals surface area contributed by atoms with E-state index in [-0.39, 0.29) is 0 Å². The van der Waals surface area contributed by atoms with Crippen LogP contribution in [0.2, 0.25) is 0 Å². The molecule has 0 bridgehead atoms. The van der Waals surface area contributed by atoms with E-state index in [4.69, 9.17) is 23.7 Å². The Morgan fingerprint density at radius 2 is 1.69 bits per heavy atom. The van der Waals surface area contributed by atoms with Crippen molar-refractivity contribution in [2.75, 3.05) is 0 Å². The number of aliphatic hydroxyl groups excluding tert-OH is 2. The molecule has 0 radical (unpaired) electrons. The van der Waals surface area contributed by atoms with Crippen molar-refractivity contribution in [1.29, 1.82) is 0 Å². The minimum Gasteiger partial charge on any atom is -0.456 e. The fraction of sp³-hybridized carbons (Fsp3) is 0.818. The highest BCUT2D eigenvalue weighted by molar-refractivity contribution is 5.94. The predicted octanol–water partition coefficient (Wildman–Crippen LogP) is -1.89. The molecule has 4 N–H and O–H groups in total. The van der Waals surface area contributed by atoms with Crippen molar-refractivity contribution in [3.8, 4) is 0 Å². The van der Waals surface area contributed by atoms with Crippen LogP contribution in [-0.4, -0.2) is 92.9 Å². The number of ether oxygens (including phenoxy) is 5. The van der Waals surface area contributed by atoms with Crippen LogP contribution < -0.4 is 5.32 Å². The van der Waals surface area contributed by atoms with E-state index in [1.807, 2.05) is 0 Å². The van der Waals surface area contributed by atoms with E-state index < -0.39 is 100 Å². The number of hydrogen-bond donors (Lipinski definition) is 4. The van der Waals surface area contributed by atoms with Gasteiger partial charge in [0.2, 0.25) is 18.0 Å². The Morgan fingerprint density at radius 1 is 1.03 bits per heavy atom. The van der Waals surface area contributed by atoms with Gasteiger partial charge in [-0.15, -0.1) is 0 Å². The Hall–Kier alpha value is -2.48. The molecule has 4 saturated heterocycles. The largest absolute Gasteiger partial charge is 0.456 e. The molecule has 4 aliphatic heterocycles. The number of nitrogens with one attached hydrogen (secondary N) is 1. The normalized spacial score (nSPS) is 55.0. The Balaban J connectivity index is 1.59. The summed E-state index contributed by atoms with van der Waals surface area (Å²) >= 11 is 0. The minimum atomic E-state index is -2.44. The van der Waals surface area contributed by atoms with Gasteiger partial charge in [-0.1, -0.05) is 6.92 Å². The zero-order valence-corrected chi connectivity index (χ0v) is 19.6. The third-order valence-corrected chi connectivity index (χ3v) is 9.10. The summed E-state index contributed by atoms with van der Waals surface area (Å²) in [5, 5.41) is 37.5. The van der Waals surface area contributed by atoms with Crippen molar-refractivity contribution in [3.05, 3.63) is 0 Å². The van der Waals surface area contributed by atoms with Gasteiger partial charge in [-0.25, -0.2) is 14.4 Å². The Labute approximate surface area is 199 Å². The molecule has 0 aromatic carbocycles. The van der Waals surface area contributed by atoms with E-state index in [1.165, 1.54) is 13.8 Å². The average molecular weight is 497 g/mol. The topological polar surface area (TPSA) is 187 Å². The summed E-state index contributed by atoms with van der Waals surface area (Å²) in [6.45, 7) is 7.93. The SMILES string of the molecule is C[C@@H]1[C@@H](O)C2OC(=O)[C@]34OC5OC(=O)[C@H](OC(=O)NC(C)(C)C)C51C23[C@@H](O)[C@@H]1OC(=O)[C@@H](C)[C@@]14O. The van der Waals surface area contributed by atoms with Crippen LogP contribution >= 0.6 is 0 Å². The molecule has 35 heavy (non-hydrogen) atoms. The summed E-state index contributed by atoms with van der Waals surface area (Å²) in [4.78, 5) is 51.8. The van der Waals surface area contributed by atoms with Gasteiger partial charge >= 0.3 is 24.0 Å². The van der Waals surface area contributed by atoms with Crippen molar-refractivity contribution in [2.45, 2.75) is 88.2 Å². The maximum absolute atomic E-state index is 13.5. The predicted molar refractivity (Wildman–Crippen MR) is 107 cm³/mol. The first-order chi connectivity index (χ1) is 16.1. The molecule has 2 aliphatic carbocycles. The molecule has 13 heteroatoms. The lowest BCUT2D eigenvalue weighted by molar-refractivity contribution is -0.238. The molecule has 6 rings (SSSR count). The van der Waals surface area contributed by atoms with E-state index in [1.54, 1.807) is 20.8 Å². The number of fused-ring (bicyclic) bond motifs is 1. The second kappa shape index (κ2) is 6.07. The molecule has 2 spiro atoms. The van der Waals surface area contributed by atoms with Gasteiger partial charge in [-0.2, -0.15) is 0 Å². The molecule has 6 aliphatic rings. The highest BCUT2D eigenvalue weighted by Gasteiger charge is 3.05. The van der Waals surface area contributed by atoms with Gasteiger partial charge in [0.15, 0.2) is 11.7 Å². The first-order valence-corrected chi connectivity index (χ1v) is 11.5. The number of carbonyl (C=O) groups is 4. The van der Waals surface area contributed by atoms with Gasteiger partial charge in [0.1, 0.15) is 17.6 Å². The fourth-order valence-electron chi connectivity index (χ4n) is 7.95. The van der Waals surface area contributed by atoms with Crippen molar-refractivity contribution in [1.82, 2.24) is 5.32 Å². The lowest BCUT2D eigenvalue weighted by atomic mass is 9.54. The third-order valence-electron chi connectivity index (χ3n) is 9.10. The van der Waals surface area contributed by atoms with E-state index in [2.05, 4.69) is 5.32 Å². The van der Waals surface area contributed by atoms with E-state index in [0.29, 0.717) is 0 Å². The number of rotatable bonds is 1. The quantitative estimate of drug-likeness (QED) is 0.233. The standard InChI is InChI=1S/C22H27NO12/c1-6-8(24)10-20-9(25)11-21(30,7(2)13(26)31-11)22(20,15(28)32-10)35-16-19(6,20)12(14(27)34-16)33-17(29)23-18(3,4)5/h6-12,16,24-25,30H,1-5H3,(H,23,29)/t6-,7-,8-,9+,10?,11+,12+,16?,19?,20?,21-,22+/m1/s1. The van der Waals surface area contributed by atoms with Crippen LogP contribution in [0.4, 0.5) is 4.79 Å². The molecule has 4 unspecified atom stereocenters. The van der Waals surface area contributed by atoms with Crippen molar-refractivity contribution in [2.24, 2.45) is 22.7 Å². The summed E-state index contributed by atoms with van der Waals surface area (Å²) in [6, 6.07) is 0. The highest BCUT2D eigenvalue weighted by atomic mass is 16.8. The second-order valence-corrected chi connectivity index (χ2v) is 11.5. The number of esters is 3. The summed E-state index contributed by atoms with van der Waals surface area (Å²) in [6.07, 6.45) is -10.7. The van der Waals surface area contributed by atoms with Gasteiger partial charge in [0.25, 0.3) is 0 Å². The fourth-order valence-corrected chi connectivity index (χ4v) is 7.95. The third kappa shape index (κ3) is 1.96. The maximum Gasteiger partial charge on any atom is 0.408 e. The van der Waals surface area contributed by atoms with Crippen LogP contribution in [0.25, 0.3) is 0 Å². The van der Waals surface area contributed by atoms with Gasteiger partial charge < -0.3 is 44.3 Å². The van der Waals surface area contributed by atoms with Crippen LogP contribution in [0.15, 0.2) is 0 Å². The molecular weight excluding hydrogens is 470 g/mol. The maximum atomic E-state index is 13.5. The van der Waals surface area contributed by atoms with E-state index >= 15 is 0 Å². The number of aliphatic hydroxyl groups is 3. The lowest BCUT2D eigenvalue weighted by Crippen LogP contribution is -2.67. The molecule has 4 heterocycles. The Morgan fingerprint density at radius 3 is 2.31 bits per heavy atom. The van der Waals surface area contributed by atoms with Crippen LogP contribution in [-0.2, 0) is 38.1 Å². The van der Waals surface area contributed by atoms with Crippen molar-refractivity contribution < 1.29 is 58.2 Å². The summed E-state index contributed by atoms with van der Waals surface area (Å²) in [5.41, 5.74) is -9.50. The zero-order valence-electron chi connectivity index (χ0n) is 19.6. The highest BCUT2D eigenvalue weighted by Crippen LogP contribution is 2.83. The lowest BCUT2D eigenvalue weighted by Gasteiger charge is -2.44. The molecule has 192 valence electrons. The van der Waals surface area contributed by atoms with Gasteiger partial charge in [0.05, 0.1) is 17.4 Å². The van der Waals surface area contributed by atoms with E-state index in [9.17, 15) is 34.5 Å². The molecule has 13 nitrogen and oxygen atoms in total. The molecule has 6 fully saturated rings.